The van der Waals surface area contributed by atoms with Gasteiger partial charge in [0.25, 0.3) is 0 Å². The Morgan fingerprint density at radius 1 is 1.15 bits per heavy atom. The molecule has 0 bridgehead atoms. The highest BCUT2D eigenvalue weighted by Crippen LogP contribution is 2.23. The number of hydrogen-bond donors (Lipinski definition) is 2. The van der Waals surface area contributed by atoms with Gasteiger partial charge in [0.1, 0.15) is 11.5 Å². The molecule has 0 unspecified atom stereocenters. The molecule has 1 amide bonds. The van der Waals surface area contributed by atoms with E-state index in [1.54, 1.807) is 12.1 Å². The summed E-state index contributed by atoms with van der Waals surface area (Å²) < 4.78 is 5.75. The number of carbonyl (C=O) groups excluding carboxylic acids is 1. The molecule has 1 aromatic heterocycles. The molecule has 3 rings (SSSR count). The molecule has 26 heavy (non-hydrogen) atoms. The van der Waals surface area contributed by atoms with E-state index in [-0.39, 0.29) is 18.4 Å². The first-order valence-electron chi connectivity index (χ1n) is 8.58. The van der Waals surface area contributed by atoms with Crippen molar-refractivity contribution in [1.82, 2.24) is 10.2 Å². The SMILES string of the molecule is O=C(CN1CCC(C(=O)O)CC1)NCc1ccc(-c2ccc(Cl)cc2)o1. The molecule has 2 N–H and O–H groups in total. The summed E-state index contributed by atoms with van der Waals surface area (Å²) in [6, 6.07) is 11.1. The van der Waals surface area contributed by atoms with Crippen LogP contribution in [0.5, 0.6) is 0 Å². The predicted molar refractivity (Wildman–Crippen MR) is 97.8 cm³/mol. The average Bonchev–Trinajstić information content (AvgIpc) is 3.10. The molecule has 0 radical (unpaired) electrons. The summed E-state index contributed by atoms with van der Waals surface area (Å²) >= 11 is 5.88. The number of furan rings is 1. The molecule has 2 heterocycles. The zero-order valence-electron chi connectivity index (χ0n) is 14.3. The summed E-state index contributed by atoms with van der Waals surface area (Å²) in [5.74, 6) is 0.268. The van der Waals surface area contributed by atoms with Crippen LogP contribution in [0.25, 0.3) is 11.3 Å². The number of carboxylic acids is 1. The van der Waals surface area contributed by atoms with E-state index in [0.29, 0.717) is 43.3 Å². The van der Waals surface area contributed by atoms with Gasteiger partial charge in [-0.3, -0.25) is 14.5 Å². The zero-order valence-corrected chi connectivity index (χ0v) is 15.0. The Kier molecular flexibility index (Phi) is 5.96. The lowest BCUT2D eigenvalue weighted by Crippen LogP contribution is -2.42. The summed E-state index contributed by atoms with van der Waals surface area (Å²) in [4.78, 5) is 25.0. The highest BCUT2D eigenvalue weighted by atomic mass is 35.5. The van der Waals surface area contributed by atoms with Gasteiger partial charge >= 0.3 is 5.97 Å². The lowest BCUT2D eigenvalue weighted by atomic mass is 9.97. The Labute approximate surface area is 156 Å². The van der Waals surface area contributed by atoms with Gasteiger partial charge in [0.2, 0.25) is 5.91 Å². The molecule has 0 atom stereocenters. The van der Waals surface area contributed by atoms with Gasteiger partial charge in [-0.15, -0.1) is 0 Å². The Morgan fingerprint density at radius 3 is 2.50 bits per heavy atom. The number of likely N-dealkylation sites (tertiary alicyclic amines) is 1. The molecule has 1 saturated heterocycles. The summed E-state index contributed by atoms with van der Waals surface area (Å²) in [6.45, 7) is 1.85. The minimum Gasteiger partial charge on any atom is -0.481 e. The second-order valence-electron chi connectivity index (χ2n) is 6.44. The fourth-order valence-electron chi connectivity index (χ4n) is 3.02. The van der Waals surface area contributed by atoms with E-state index in [0.717, 1.165) is 11.3 Å². The molecule has 0 saturated carbocycles. The van der Waals surface area contributed by atoms with Gasteiger partial charge < -0.3 is 14.8 Å². The molecule has 0 spiro atoms. The summed E-state index contributed by atoms with van der Waals surface area (Å²) in [5, 5.41) is 12.5. The number of aliphatic carboxylic acids is 1. The minimum absolute atomic E-state index is 0.0942. The van der Waals surface area contributed by atoms with E-state index < -0.39 is 5.97 Å². The third kappa shape index (κ3) is 4.86. The van der Waals surface area contributed by atoms with Crippen molar-refractivity contribution in [3.63, 3.8) is 0 Å². The molecular weight excluding hydrogens is 356 g/mol. The van der Waals surface area contributed by atoms with Crippen LogP contribution in [0.15, 0.2) is 40.8 Å². The maximum atomic E-state index is 12.1. The molecule has 138 valence electrons. The van der Waals surface area contributed by atoms with Crippen LogP contribution in [0.4, 0.5) is 0 Å². The number of piperidine rings is 1. The summed E-state index contributed by atoms with van der Waals surface area (Å²) in [7, 11) is 0. The molecule has 1 fully saturated rings. The second kappa shape index (κ2) is 8.38. The smallest absolute Gasteiger partial charge is 0.306 e. The van der Waals surface area contributed by atoms with E-state index in [1.807, 2.05) is 29.2 Å². The number of carboxylic acid groups (broad SMARTS) is 1. The van der Waals surface area contributed by atoms with Crippen LogP contribution in [-0.2, 0) is 16.1 Å². The van der Waals surface area contributed by atoms with Crippen LogP contribution in [0.3, 0.4) is 0 Å². The van der Waals surface area contributed by atoms with Crippen LogP contribution < -0.4 is 5.32 Å². The van der Waals surface area contributed by atoms with Crippen molar-refractivity contribution in [2.75, 3.05) is 19.6 Å². The Hall–Kier alpha value is -2.31. The van der Waals surface area contributed by atoms with Crippen LogP contribution in [0.1, 0.15) is 18.6 Å². The Balaban J connectivity index is 1.45. The van der Waals surface area contributed by atoms with E-state index in [2.05, 4.69) is 5.32 Å². The third-order valence-electron chi connectivity index (χ3n) is 4.55. The Morgan fingerprint density at radius 2 is 1.85 bits per heavy atom. The number of nitrogens with zero attached hydrogens (tertiary/aromatic N) is 1. The van der Waals surface area contributed by atoms with Gasteiger partial charge in [0.15, 0.2) is 0 Å². The van der Waals surface area contributed by atoms with Crippen LogP contribution in [0.2, 0.25) is 5.02 Å². The quantitative estimate of drug-likeness (QED) is 0.809. The molecular formula is C19H21ClN2O4. The van der Waals surface area contributed by atoms with E-state index in [4.69, 9.17) is 21.1 Å². The Bertz CT molecular complexity index is 764. The van der Waals surface area contributed by atoms with Gasteiger partial charge in [-0.05, 0) is 62.3 Å². The number of benzene rings is 1. The van der Waals surface area contributed by atoms with Crippen LogP contribution >= 0.6 is 11.6 Å². The van der Waals surface area contributed by atoms with Gasteiger partial charge in [0.05, 0.1) is 19.0 Å². The van der Waals surface area contributed by atoms with Crippen LogP contribution in [-0.4, -0.2) is 41.5 Å². The maximum Gasteiger partial charge on any atom is 0.306 e. The van der Waals surface area contributed by atoms with Gasteiger partial charge in [-0.25, -0.2) is 0 Å². The molecule has 0 aliphatic carbocycles. The van der Waals surface area contributed by atoms with Crippen molar-refractivity contribution in [2.45, 2.75) is 19.4 Å². The van der Waals surface area contributed by atoms with E-state index in [9.17, 15) is 9.59 Å². The van der Waals surface area contributed by atoms with Crippen molar-refractivity contribution >= 4 is 23.5 Å². The van der Waals surface area contributed by atoms with Gasteiger partial charge in [-0.2, -0.15) is 0 Å². The lowest BCUT2D eigenvalue weighted by Gasteiger charge is -2.29. The van der Waals surface area contributed by atoms with Crippen molar-refractivity contribution in [1.29, 1.82) is 0 Å². The molecule has 1 aliphatic heterocycles. The fraction of sp³-hybridized carbons (Fsp3) is 0.368. The average molecular weight is 377 g/mol. The maximum absolute atomic E-state index is 12.1. The number of halogens is 1. The topological polar surface area (TPSA) is 82.8 Å². The van der Waals surface area contributed by atoms with Crippen molar-refractivity contribution in [3.05, 3.63) is 47.2 Å². The summed E-state index contributed by atoms with van der Waals surface area (Å²) in [5.41, 5.74) is 0.924. The first-order chi connectivity index (χ1) is 12.5. The zero-order chi connectivity index (χ0) is 18.5. The normalized spacial score (nSPS) is 15.7. The van der Waals surface area contributed by atoms with Crippen molar-refractivity contribution in [3.8, 4) is 11.3 Å². The molecule has 1 aromatic carbocycles. The minimum atomic E-state index is -0.747. The van der Waals surface area contributed by atoms with Crippen molar-refractivity contribution < 1.29 is 19.1 Å². The number of carbonyl (C=O) groups is 2. The van der Waals surface area contributed by atoms with Gasteiger partial charge in [0, 0.05) is 10.6 Å². The first kappa shape index (κ1) is 18.5. The molecule has 7 heteroatoms. The van der Waals surface area contributed by atoms with Crippen molar-refractivity contribution in [2.24, 2.45) is 5.92 Å². The standard InChI is InChI=1S/C19H21ClN2O4/c20-15-3-1-13(2-4-15)17-6-5-16(26-17)11-21-18(23)12-22-9-7-14(8-10-22)19(24)25/h1-6,14H,7-12H2,(H,21,23)(H,24,25). The molecule has 1 aliphatic rings. The number of amides is 1. The van der Waals surface area contributed by atoms with Gasteiger partial charge in [-0.1, -0.05) is 11.6 Å². The first-order valence-corrected chi connectivity index (χ1v) is 8.95. The lowest BCUT2D eigenvalue weighted by molar-refractivity contribution is -0.143. The highest BCUT2D eigenvalue weighted by molar-refractivity contribution is 6.30. The molecule has 6 nitrogen and oxygen atoms in total. The highest BCUT2D eigenvalue weighted by Gasteiger charge is 2.25. The summed E-state index contributed by atoms with van der Waals surface area (Å²) in [6.07, 6.45) is 1.18. The molecule has 2 aromatic rings. The third-order valence-corrected chi connectivity index (χ3v) is 4.81. The number of hydrogen-bond acceptors (Lipinski definition) is 4. The monoisotopic (exact) mass is 376 g/mol. The van der Waals surface area contributed by atoms with E-state index >= 15 is 0 Å². The van der Waals surface area contributed by atoms with Crippen LogP contribution in [0, 0.1) is 5.92 Å². The number of nitrogens with one attached hydrogen (secondary N) is 1. The largest absolute Gasteiger partial charge is 0.481 e. The second-order valence-corrected chi connectivity index (χ2v) is 6.87. The number of rotatable bonds is 6. The van der Waals surface area contributed by atoms with E-state index in [1.165, 1.54) is 0 Å². The fourth-order valence-corrected chi connectivity index (χ4v) is 3.15. The predicted octanol–water partition coefficient (Wildman–Crippen LogP) is 3.01.